The first-order chi connectivity index (χ1) is 9.59. The normalized spacial score (nSPS) is 28.5. The zero-order valence-electron chi connectivity index (χ0n) is 12.7. The number of halogens is 1. The highest BCUT2D eigenvalue weighted by Crippen LogP contribution is 2.38. The Balaban J connectivity index is 2.12. The lowest BCUT2D eigenvalue weighted by molar-refractivity contribution is -0.0741. The SMILES string of the molecule is CCNC(Cc1ccc(Br)s1)C1(OC)CCC(C)CC1. The number of likely N-dealkylation sites (N-methyl/N-ethyl adjacent to an activating group) is 1. The van der Waals surface area contributed by atoms with Crippen molar-refractivity contribution in [3.63, 3.8) is 0 Å². The maximum absolute atomic E-state index is 6.05. The third kappa shape index (κ3) is 3.85. The summed E-state index contributed by atoms with van der Waals surface area (Å²) in [5.74, 6) is 0.844. The average Bonchev–Trinajstić information content (AvgIpc) is 2.85. The maximum Gasteiger partial charge on any atom is 0.0834 e. The number of hydrogen-bond acceptors (Lipinski definition) is 3. The molecule has 0 aromatic carbocycles. The molecule has 1 N–H and O–H groups in total. The van der Waals surface area contributed by atoms with Crippen LogP contribution in [0.2, 0.25) is 0 Å². The summed E-state index contributed by atoms with van der Waals surface area (Å²) in [4.78, 5) is 1.43. The quantitative estimate of drug-likeness (QED) is 0.799. The van der Waals surface area contributed by atoms with Crippen LogP contribution < -0.4 is 5.32 Å². The van der Waals surface area contributed by atoms with E-state index < -0.39 is 0 Å². The first-order valence-corrected chi connectivity index (χ1v) is 9.23. The fourth-order valence-electron chi connectivity index (χ4n) is 3.30. The third-order valence-electron chi connectivity index (χ3n) is 4.65. The molecule has 1 unspecified atom stereocenters. The van der Waals surface area contributed by atoms with Gasteiger partial charge in [0.25, 0.3) is 0 Å². The van der Waals surface area contributed by atoms with Crippen LogP contribution in [0, 0.1) is 5.92 Å². The van der Waals surface area contributed by atoms with Gasteiger partial charge in [0.05, 0.1) is 9.39 Å². The second kappa shape index (κ2) is 7.39. The second-order valence-electron chi connectivity index (χ2n) is 5.97. The zero-order chi connectivity index (χ0) is 14.6. The molecule has 1 aromatic rings. The van der Waals surface area contributed by atoms with Crippen LogP contribution in [0.1, 0.15) is 44.4 Å². The summed E-state index contributed by atoms with van der Waals surface area (Å²) in [5, 5.41) is 3.68. The molecular formula is C16H26BrNOS. The Morgan fingerprint density at radius 3 is 2.65 bits per heavy atom. The number of methoxy groups -OCH3 is 1. The van der Waals surface area contributed by atoms with E-state index in [0.29, 0.717) is 6.04 Å². The van der Waals surface area contributed by atoms with Crippen molar-refractivity contribution in [2.45, 2.75) is 57.6 Å². The predicted molar refractivity (Wildman–Crippen MR) is 90.6 cm³/mol. The minimum atomic E-state index is 0.0129. The summed E-state index contributed by atoms with van der Waals surface area (Å²) in [6, 6.07) is 4.79. The van der Waals surface area contributed by atoms with Gasteiger partial charge in [0.2, 0.25) is 0 Å². The van der Waals surface area contributed by atoms with Crippen molar-refractivity contribution in [3.8, 4) is 0 Å². The molecule has 0 spiro atoms. The lowest BCUT2D eigenvalue weighted by atomic mass is 9.74. The van der Waals surface area contributed by atoms with E-state index in [1.807, 2.05) is 18.4 Å². The van der Waals surface area contributed by atoms with Gasteiger partial charge in [-0.2, -0.15) is 0 Å². The molecule has 1 aromatic heterocycles. The van der Waals surface area contributed by atoms with Gasteiger partial charge in [0, 0.05) is 18.0 Å². The lowest BCUT2D eigenvalue weighted by Crippen LogP contribution is -2.54. The smallest absolute Gasteiger partial charge is 0.0834 e. The van der Waals surface area contributed by atoms with E-state index in [9.17, 15) is 0 Å². The number of ether oxygens (including phenoxy) is 1. The van der Waals surface area contributed by atoms with E-state index in [1.165, 1.54) is 34.3 Å². The fraction of sp³-hybridized carbons (Fsp3) is 0.750. The van der Waals surface area contributed by atoms with E-state index in [0.717, 1.165) is 18.9 Å². The third-order valence-corrected chi connectivity index (χ3v) is 6.29. The van der Waals surface area contributed by atoms with Crippen molar-refractivity contribution in [1.82, 2.24) is 5.32 Å². The highest BCUT2D eigenvalue weighted by Gasteiger charge is 2.41. The molecule has 0 radical (unpaired) electrons. The van der Waals surface area contributed by atoms with Crippen molar-refractivity contribution in [1.29, 1.82) is 0 Å². The van der Waals surface area contributed by atoms with E-state index in [1.54, 1.807) is 0 Å². The minimum absolute atomic E-state index is 0.0129. The topological polar surface area (TPSA) is 21.3 Å². The molecule has 20 heavy (non-hydrogen) atoms. The average molecular weight is 360 g/mol. The molecule has 1 saturated carbocycles. The second-order valence-corrected chi connectivity index (χ2v) is 8.52. The Morgan fingerprint density at radius 1 is 1.45 bits per heavy atom. The summed E-state index contributed by atoms with van der Waals surface area (Å²) < 4.78 is 7.27. The standard InChI is InChI=1S/C16H26BrNOS/c1-4-18-14(11-13-5-6-15(17)20-13)16(19-3)9-7-12(2)8-10-16/h5-6,12,14,18H,4,7-11H2,1-3H3. The number of nitrogens with one attached hydrogen (secondary N) is 1. The molecule has 1 aliphatic carbocycles. The van der Waals surface area contributed by atoms with Crippen LogP contribution in [-0.2, 0) is 11.2 Å². The van der Waals surface area contributed by atoms with Gasteiger partial charge in [-0.3, -0.25) is 0 Å². The fourth-order valence-corrected chi connectivity index (χ4v) is 4.83. The van der Waals surface area contributed by atoms with Gasteiger partial charge in [0.1, 0.15) is 0 Å². The Bertz CT molecular complexity index is 412. The molecule has 4 heteroatoms. The summed E-state index contributed by atoms with van der Waals surface area (Å²) in [7, 11) is 1.89. The molecule has 2 nitrogen and oxygen atoms in total. The van der Waals surface area contributed by atoms with Gasteiger partial charge in [0.15, 0.2) is 0 Å². The van der Waals surface area contributed by atoms with Crippen LogP contribution in [0.3, 0.4) is 0 Å². The van der Waals surface area contributed by atoms with Crippen molar-refractivity contribution < 1.29 is 4.74 Å². The van der Waals surface area contributed by atoms with Gasteiger partial charge in [-0.25, -0.2) is 0 Å². The van der Waals surface area contributed by atoms with Gasteiger partial charge in [-0.15, -0.1) is 11.3 Å². The van der Waals surface area contributed by atoms with E-state index in [2.05, 4.69) is 47.2 Å². The summed E-state index contributed by atoms with van der Waals surface area (Å²) in [6.45, 7) is 5.54. The molecule has 0 aliphatic heterocycles. The minimum Gasteiger partial charge on any atom is -0.377 e. The molecule has 2 rings (SSSR count). The van der Waals surface area contributed by atoms with Crippen molar-refractivity contribution >= 4 is 27.3 Å². The van der Waals surface area contributed by atoms with Gasteiger partial charge < -0.3 is 10.1 Å². The van der Waals surface area contributed by atoms with Gasteiger partial charge >= 0.3 is 0 Å². The molecule has 0 bridgehead atoms. The molecule has 0 saturated heterocycles. The van der Waals surface area contributed by atoms with Crippen molar-refractivity contribution in [2.75, 3.05) is 13.7 Å². The van der Waals surface area contributed by atoms with Crippen molar-refractivity contribution in [2.24, 2.45) is 5.92 Å². The Kier molecular flexibility index (Phi) is 6.09. The number of thiophene rings is 1. The van der Waals surface area contributed by atoms with Crippen LogP contribution in [-0.4, -0.2) is 25.3 Å². The monoisotopic (exact) mass is 359 g/mol. The molecule has 1 aliphatic rings. The first-order valence-electron chi connectivity index (χ1n) is 7.62. The van der Waals surface area contributed by atoms with E-state index in [4.69, 9.17) is 4.74 Å². The highest BCUT2D eigenvalue weighted by molar-refractivity contribution is 9.11. The molecule has 1 heterocycles. The summed E-state index contributed by atoms with van der Waals surface area (Å²) in [6.07, 6.45) is 5.98. The van der Waals surface area contributed by atoms with E-state index >= 15 is 0 Å². The van der Waals surface area contributed by atoms with Crippen LogP contribution in [0.4, 0.5) is 0 Å². The van der Waals surface area contributed by atoms with Crippen LogP contribution in [0.15, 0.2) is 15.9 Å². The largest absolute Gasteiger partial charge is 0.377 e. The Labute approximate surface area is 135 Å². The molecule has 0 amide bonds. The van der Waals surface area contributed by atoms with Crippen LogP contribution >= 0.6 is 27.3 Å². The predicted octanol–water partition coefficient (Wildman–Crippen LogP) is 4.63. The highest BCUT2D eigenvalue weighted by atomic mass is 79.9. The maximum atomic E-state index is 6.05. The number of rotatable bonds is 6. The molecule has 1 fully saturated rings. The Morgan fingerprint density at radius 2 is 2.15 bits per heavy atom. The molecule has 114 valence electrons. The van der Waals surface area contributed by atoms with Gasteiger partial charge in [-0.05, 0) is 72.6 Å². The zero-order valence-corrected chi connectivity index (χ0v) is 15.1. The first kappa shape index (κ1) is 16.5. The lowest BCUT2D eigenvalue weighted by Gasteiger charge is -2.44. The van der Waals surface area contributed by atoms with E-state index in [-0.39, 0.29) is 5.60 Å². The summed E-state index contributed by atoms with van der Waals surface area (Å²) in [5.41, 5.74) is 0.0129. The molecular weight excluding hydrogens is 334 g/mol. The van der Waals surface area contributed by atoms with Crippen molar-refractivity contribution in [3.05, 3.63) is 20.8 Å². The van der Waals surface area contributed by atoms with Crippen LogP contribution in [0.25, 0.3) is 0 Å². The van der Waals surface area contributed by atoms with Gasteiger partial charge in [-0.1, -0.05) is 13.8 Å². The van der Waals surface area contributed by atoms with Crippen LogP contribution in [0.5, 0.6) is 0 Å². The number of hydrogen-bond donors (Lipinski definition) is 1. The summed E-state index contributed by atoms with van der Waals surface area (Å²) >= 11 is 5.40. The Hall–Kier alpha value is 0.1000. The molecule has 1 atom stereocenters.